The first kappa shape index (κ1) is 17.2. The molecule has 0 aromatic heterocycles. The van der Waals surface area contributed by atoms with Crippen LogP contribution < -0.4 is 10.6 Å². The number of nitrogens with zero attached hydrogens (tertiary/aromatic N) is 1. The number of hydrogen-bond acceptors (Lipinski definition) is 2. The first-order valence-corrected chi connectivity index (χ1v) is 11.4. The molecule has 0 saturated heterocycles. The molecule has 2 aromatic carbocycles. The molecule has 0 atom stereocenters. The molecule has 3 heteroatoms. The van der Waals surface area contributed by atoms with E-state index in [0.717, 1.165) is 48.0 Å². The molecular weight excluding hydrogens is 364 g/mol. The van der Waals surface area contributed by atoms with E-state index < -0.39 is 0 Å². The Balaban J connectivity index is 1.27. The zero-order chi connectivity index (χ0) is 18.9. The minimum absolute atomic E-state index is 0.422. The average molecular weight is 393 g/mol. The Hall–Kier alpha value is -1.67. The second-order valence-corrected chi connectivity index (χ2v) is 10.5. The topological polar surface area (TPSA) is 29.3 Å². The lowest BCUT2D eigenvalue weighted by molar-refractivity contribution is -0.00519. The van der Waals surface area contributed by atoms with Crippen molar-refractivity contribution >= 4 is 23.0 Å². The molecule has 5 aliphatic rings. The predicted octanol–water partition coefficient (Wildman–Crippen LogP) is 5.95. The monoisotopic (exact) mass is 392 g/mol. The van der Waals surface area contributed by atoms with Crippen molar-refractivity contribution in [1.82, 2.24) is 0 Å². The molecule has 0 unspecified atom stereocenters. The third kappa shape index (κ3) is 2.68. The van der Waals surface area contributed by atoms with E-state index >= 15 is 0 Å². The van der Waals surface area contributed by atoms with E-state index in [2.05, 4.69) is 35.2 Å². The average Bonchev–Trinajstić information content (AvgIpc) is 3.04. The van der Waals surface area contributed by atoms with Crippen LogP contribution in [0.1, 0.15) is 55.2 Å². The second kappa shape index (κ2) is 6.16. The highest BCUT2D eigenvalue weighted by molar-refractivity contribution is 6.31. The second-order valence-electron chi connectivity index (χ2n) is 10.1. The van der Waals surface area contributed by atoms with E-state index in [1.807, 2.05) is 6.07 Å². The summed E-state index contributed by atoms with van der Waals surface area (Å²) < 4.78 is 0. The van der Waals surface area contributed by atoms with Gasteiger partial charge in [-0.15, -0.1) is 0 Å². The normalized spacial score (nSPS) is 32.8. The number of benzene rings is 2. The molecule has 4 fully saturated rings. The van der Waals surface area contributed by atoms with Gasteiger partial charge < -0.3 is 10.6 Å². The van der Waals surface area contributed by atoms with Crippen LogP contribution in [0.3, 0.4) is 0 Å². The zero-order valence-electron chi connectivity index (χ0n) is 16.5. The van der Waals surface area contributed by atoms with Gasteiger partial charge in [0.15, 0.2) is 0 Å². The van der Waals surface area contributed by atoms with Crippen LogP contribution >= 0.6 is 11.6 Å². The van der Waals surface area contributed by atoms with Gasteiger partial charge in [0.25, 0.3) is 0 Å². The van der Waals surface area contributed by atoms with Gasteiger partial charge in [-0.25, -0.2) is 0 Å². The summed E-state index contributed by atoms with van der Waals surface area (Å²) in [6, 6.07) is 13.3. The molecule has 4 bridgehead atoms. The van der Waals surface area contributed by atoms with Gasteiger partial charge in [0.1, 0.15) is 0 Å². The maximum Gasteiger partial charge on any atom is 0.0458 e. The Morgan fingerprint density at radius 3 is 2.36 bits per heavy atom. The van der Waals surface area contributed by atoms with Gasteiger partial charge in [-0.2, -0.15) is 0 Å². The van der Waals surface area contributed by atoms with E-state index in [1.165, 1.54) is 60.9 Å². The Morgan fingerprint density at radius 1 is 0.964 bits per heavy atom. The molecule has 4 aliphatic carbocycles. The lowest BCUT2D eigenvalue weighted by Gasteiger charge is -2.57. The number of anilines is 2. The quantitative estimate of drug-likeness (QED) is 0.653. The van der Waals surface area contributed by atoms with Crippen LogP contribution in [0.2, 0.25) is 5.02 Å². The Morgan fingerprint density at radius 2 is 1.68 bits per heavy atom. The maximum atomic E-state index is 6.86. The zero-order valence-corrected chi connectivity index (χ0v) is 17.2. The number of hydrogen-bond donors (Lipinski definition) is 1. The lowest BCUT2D eigenvalue weighted by atomic mass is 9.48. The van der Waals surface area contributed by atoms with Crippen molar-refractivity contribution in [2.24, 2.45) is 17.8 Å². The van der Waals surface area contributed by atoms with Crippen molar-refractivity contribution in [1.29, 1.82) is 0 Å². The molecule has 146 valence electrons. The standard InChI is InChI=1S/C25H29ClN2/c26-23-10-21(25-12-16-7-17(13-25)9-18(8-16)14-25)3-1-20(23)15-28-6-5-19-2-4-22(27)11-24(19)28/h1-4,10-11,16-18H,5-9,12-15,27H2. The lowest BCUT2D eigenvalue weighted by Crippen LogP contribution is -2.48. The third-order valence-corrected chi connectivity index (χ3v) is 8.52. The Labute approximate surface area is 173 Å². The van der Waals surface area contributed by atoms with Crippen molar-refractivity contribution in [2.75, 3.05) is 17.2 Å². The highest BCUT2D eigenvalue weighted by Crippen LogP contribution is 2.60. The fraction of sp³-hybridized carbons (Fsp3) is 0.520. The number of rotatable bonds is 3. The number of fused-ring (bicyclic) bond motifs is 1. The van der Waals surface area contributed by atoms with Crippen LogP contribution in [0.4, 0.5) is 11.4 Å². The largest absolute Gasteiger partial charge is 0.399 e. The Bertz CT molecular complexity index is 899. The van der Waals surface area contributed by atoms with Crippen molar-refractivity contribution in [2.45, 2.75) is 56.9 Å². The molecular formula is C25H29ClN2. The maximum absolute atomic E-state index is 6.86. The summed E-state index contributed by atoms with van der Waals surface area (Å²) in [6.45, 7) is 1.92. The van der Waals surface area contributed by atoms with E-state index in [9.17, 15) is 0 Å². The summed E-state index contributed by atoms with van der Waals surface area (Å²) in [5.74, 6) is 2.91. The summed E-state index contributed by atoms with van der Waals surface area (Å²) in [5.41, 5.74) is 12.7. The number of nitrogens with two attached hydrogens (primary N) is 1. The minimum atomic E-state index is 0.422. The van der Waals surface area contributed by atoms with Crippen molar-refractivity contribution in [3.63, 3.8) is 0 Å². The van der Waals surface area contributed by atoms with Crippen LogP contribution in [0.5, 0.6) is 0 Å². The summed E-state index contributed by atoms with van der Waals surface area (Å²) in [6.07, 6.45) is 9.75. The van der Waals surface area contributed by atoms with Crippen LogP contribution in [-0.4, -0.2) is 6.54 Å². The summed E-state index contributed by atoms with van der Waals surface area (Å²) >= 11 is 6.86. The highest BCUT2D eigenvalue weighted by atomic mass is 35.5. The minimum Gasteiger partial charge on any atom is -0.399 e. The molecule has 0 spiro atoms. The van der Waals surface area contributed by atoms with Crippen molar-refractivity contribution in [3.05, 3.63) is 58.1 Å². The number of nitrogen functional groups attached to an aromatic ring is 1. The molecule has 2 N–H and O–H groups in total. The smallest absolute Gasteiger partial charge is 0.0458 e. The first-order chi connectivity index (χ1) is 13.6. The van der Waals surface area contributed by atoms with E-state index in [-0.39, 0.29) is 0 Å². The van der Waals surface area contributed by atoms with Gasteiger partial charge in [-0.1, -0.05) is 29.8 Å². The summed E-state index contributed by atoms with van der Waals surface area (Å²) in [5, 5.41) is 0.950. The molecule has 7 rings (SSSR count). The molecule has 2 aromatic rings. The van der Waals surface area contributed by atoms with Gasteiger partial charge in [-0.05, 0) is 103 Å². The van der Waals surface area contributed by atoms with Gasteiger partial charge >= 0.3 is 0 Å². The molecule has 1 aliphatic heterocycles. The molecule has 0 radical (unpaired) electrons. The van der Waals surface area contributed by atoms with Crippen LogP contribution in [0, 0.1) is 17.8 Å². The van der Waals surface area contributed by atoms with E-state index in [4.69, 9.17) is 17.3 Å². The molecule has 4 saturated carbocycles. The van der Waals surface area contributed by atoms with Gasteiger partial charge in [0.05, 0.1) is 0 Å². The Kier molecular flexibility index (Phi) is 3.79. The van der Waals surface area contributed by atoms with Crippen LogP contribution in [0.25, 0.3) is 0 Å². The first-order valence-electron chi connectivity index (χ1n) is 11.0. The SMILES string of the molecule is Nc1ccc2c(c1)N(Cc1ccc(C34CC5CC(CC(C5)C3)C4)cc1Cl)CC2. The molecule has 0 amide bonds. The molecule has 28 heavy (non-hydrogen) atoms. The van der Waals surface area contributed by atoms with E-state index in [0.29, 0.717) is 5.41 Å². The highest BCUT2D eigenvalue weighted by Gasteiger charge is 2.51. The fourth-order valence-corrected chi connectivity index (χ4v) is 7.54. The van der Waals surface area contributed by atoms with E-state index in [1.54, 1.807) is 0 Å². The summed E-state index contributed by atoms with van der Waals surface area (Å²) in [4.78, 5) is 2.43. The third-order valence-electron chi connectivity index (χ3n) is 8.17. The van der Waals surface area contributed by atoms with Gasteiger partial charge in [-0.3, -0.25) is 0 Å². The van der Waals surface area contributed by atoms with Crippen LogP contribution in [0.15, 0.2) is 36.4 Å². The van der Waals surface area contributed by atoms with Crippen LogP contribution in [-0.2, 0) is 18.4 Å². The van der Waals surface area contributed by atoms with Gasteiger partial charge in [0.2, 0.25) is 0 Å². The van der Waals surface area contributed by atoms with Crippen molar-refractivity contribution in [3.8, 4) is 0 Å². The summed E-state index contributed by atoms with van der Waals surface area (Å²) in [7, 11) is 0. The molecule has 2 nitrogen and oxygen atoms in total. The van der Waals surface area contributed by atoms with Gasteiger partial charge in [0, 0.05) is 29.5 Å². The predicted molar refractivity (Wildman–Crippen MR) is 117 cm³/mol. The number of halogens is 1. The fourth-order valence-electron chi connectivity index (χ4n) is 7.30. The molecule has 1 heterocycles. The van der Waals surface area contributed by atoms with Crippen molar-refractivity contribution < 1.29 is 0 Å².